The summed E-state index contributed by atoms with van der Waals surface area (Å²) >= 11 is 0. The van der Waals surface area contributed by atoms with Crippen molar-refractivity contribution in [3.05, 3.63) is 0 Å². The fourth-order valence-corrected chi connectivity index (χ4v) is 4.20. The molecule has 2 heterocycles. The highest BCUT2D eigenvalue weighted by atomic mass is 31.2. The lowest BCUT2D eigenvalue weighted by atomic mass is 10.3. The molecule has 2 aliphatic rings. The Balaban J connectivity index is 0.000000384. The summed E-state index contributed by atoms with van der Waals surface area (Å²) in [5.41, 5.74) is 0. The van der Waals surface area contributed by atoms with Gasteiger partial charge in [-0.2, -0.15) is 0 Å². The number of phosphoric ester groups is 1. The molecule has 0 aromatic rings. The second kappa shape index (κ2) is 14.1. The minimum atomic E-state index is -4.67. The monoisotopic (exact) mass is 408 g/mol. The van der Waals surface area contributed by atoms with E-state index in [0.717, 1.165) is 0 Å². The van der Waals surface area contributed by atoms with Crippen molar-refractivity contribution in [1.29, 1.82) is 0 Å². The van der Waals surface area contributed by atoms with Gasteiger partial charge in [-0.3, -0.25) is 0 Å². The van der Waals surface area contributed by atoms with Crippen molar-refractivity contribution < 1.29 is 27.8 Å². The fourth-order valence-electron chi connectivity index (χ4n) is 3.88. The van der Waals surface area contributed by atoms with E-state index in [1.54, 1.807) is 0 Å². The van der Waals surface area contributed by atoms with Crippen LogP contribution < -0.4 is 9.79 Å². The van der Waals surface area contributed by atoms with Gasteiger partial charge in [0.1, 0.15) is 0 Å². The Morgan fingerprint density at radius 1 is 0.778 bits per heavy atom. The molecule has 0 aliphatic carbocycles. The quantitative estimate of drug-likeness (QED) is 0.457. The molecule has 0 amide bonds. The van der Waals surface area contributed by atoms with E-state index in [-0.39, 0.29) is 6.61 Å². The molecule has 0 bridgehead atoms. The zero-order valence-electron chi connectivity index (χ0n) is 18.6. The Morgan fingerprint density at radius 3 is 1.30 bits per heavy atom. The van der Waals surface area contributed by atoms with Crippen LogP contribution in [-0.4, -0.2) is 68.9 Å². The molecule has 6 nitrogen and oxygen atoms in total. The topological polar surface area (TPSA) is 72.4 Å². The molecule has 2 rings (SSSR count). The van der Waals surface area contributed by atoms with Crippen LogP contribution in [0.25, 0.3) is 0 Å². The largest absolute Gasteiger partial charge is 0.790 e. The van der Waals surface area contributed by atoms with Gasteiger partial charge in [0.05, 0.1) is 61.2 Å². The van der Waals surface area contributed by atoms with Crippen LogP contribution in [0.3, 0.4) is 0 Å². The van der Waals surface area contributed by atoms with Gasteiger partial charge in [0.2, 0.25) is 0 Å². The molecule has 164 valence electrons. The van der Waals surface area contributed by atoms with Crippen molar-refractivity contribution in [1.82, 2.24) is 0 Å². The lowest BCUT2D eigenvalue weighted by molar-refractivity contribution is -0.897. The minimum absolute atomic E-state index is 0.0791. The van der Waals surface area contributed by atoms with Crippen LogP contribution in [0.1, 0.15) is 72.1 Å². The van der Waals surface area contributed by atoms with E-state index in [4.69, 9.17) is 0 Å². The van der Waals surface area contributed by atoms with Gasteiger partial charge in [-0.05, 0) is 19.8 Å². The second-order valence-corrected chi connectivity index (χ2v) is 9.72. The number of nitrogens with zero attached hydrogens (tertiary/aromatic N) is 2. The highest BCUT2D eigenvalue weighted by Gasteiger charge is 2.26. The first kappa shape index (κ1) is 27.0. The van der Waals surface area contributed by atoms with Gasteiger partial charge in [-0.25, -0.2) is 0 Å². The Bertz CT molecular complexity index is 377. The highest BCUT2D eigenvalue weighted by molar-refractivity contribution is 7.43. The molecular formula is C20H45N2O4P. The third-order valence-corrected chi connectivity index (χ3v) is 6.26. The molecule has 0 aromatic carbocycles. The van der Waals surface area contributed by atoms with Gasteiger partial charge in [0.15, 0.2) is 0 Å². The van der Waals surface area contributed by atoms with Crippen molar-refractivity contribution in [2.45, 2.75) is 72.1 Å². The summed E-state index contributed by atoms with van der Waals surface area (Å²) in [6, 6.07) is 0. The van der Waals surface area contributed by atoms with Crippen LogP contribution in [0, 0.1) is 0 Å². The average molecular weight is 409 g/mol. The van der Waals surface area contributed by atoms with Crippen LogP contribution in [0.15, 0.2) is 0 Å². The normalized spacial score (nSPS) is 20.4. The first-order chi connectivity index (χ1) is 12.6. The highest BCUT2D eigenvalue weighted by Crippen LogP contribution is 2.23. The van der Waals surface area contributed by atoms with E-state index < -0.39 is 7.82 Å². The Labute approximate surface area is 168 Å². The van der Waals surface area contributed by atoms with Gasteiger partial charge in [0, 0.05) is 32.3 Å². The zero-order chi connectivity index (χ0) is 20.8. The van der Waals surface area contributed by atoms with Crippen molar-refractivity contribution in [3.63, 3.8) is 0 Å². The van der Waals surface area contributed by atoms with Crippen molar-refractivity contribution in [3.8, 4) is 0 Å². The van der Waals surface area contributed by atoms with Gasteiger partial charge in [-0.15, -0.1) is 0 Å². The molecule has 2 saturated heterocycles. The SMILES string of the molecule is CCCC[N+]1(C)CCCC1.CCCC[N+]1(C)CCCC1.CCOP(=O)([O-])[O-]. The molecule has 0 atom stereocenters. The van der Waals surface area contributed by atoms with Gasteiger partial charge in [0.25, 0.3) is 0 Å². The van der Waals surface area contributed by atoms with Crippen molar-refractivity contribution >= 4 is 7.82 Å². The number of likely N-dealkylation sites (tertiary alicyclic amines) is 2. The van der Waals surface area contributed by atoms with E-state index in [1.165, 1.54) is 107 Å². The number of unbranched alkanes of at least 4 members (excludes halogenated alkanes) is 2. The number of hydrogen-bond acceptors (Lipinski definition) is 4. The molecule has 0 unspecified atom stereocenters. The Kier molecular flexibility index (Phi) is 14.1. The Morgan fingerprint density at radius 2 is 1.11 bits per heavy atom. The summed E-state index contributed by atoms with van der Waals surface area (Å²) in [7, 11) is 0.145. The lowest BCUT2D eigenvalue weighted by Gasteiger charge is -2.28. The number of phosphoric acid groups is 1. The van der Waals surface area contributed by atoms with Crippen LogP contribution >= 0.6 is 7.82 Å². The summed E-state index contributed by atoms with van der Waals surface area (Å²) in [5.74, 6) is 0. The molecular weight excluding hydrogens is 363 g/mol. The van der Waals surface area contributed by atoms with Crippen LogP contribution in [-0.2, 0) is 9.09 Å². The first-order valence-electron chi connectivity index (χ1n) is 10.9. The maximum atomic E-state index is 9.48. The maximum absolute atomic E-state index is 9.48. The second-order valence-electron chi connectivity index (χ2n) is 8.57. The van der Waals surface area contributed by atoms with Crippen LogP contribution in [0.5, 0.6) is 0 Å². The fraction of sp³-hybridized carbons (Fsp3) is 1.00. The average Bonchev–Trinajstić information content (AvgIpc) is 3.21. The van der Waals surface area contributed by atoms with E-state index in [1.807, 2.05) is 0 Å². The van der Waals surface area contributed by atoms with Crippen LogP contribution in [0.2, 0.25) is 0 Å². The Hall–Kier alpha value is 0.0300. The number of rotatable bonds is 8. The van der Waals surface area contributed by atoms with E-state index >= 15 is 0 Å². The van der Waals surface area contributed by atoms with E-state index in [9.17, 15) is 14.4 Å². The molecule has 0 saturated carbocycles. The van der Waals surface area contributed by atoms with Crippen molar-refractivity contribution in [2.75, 3.05) is 60.0 Å². The van der Waals surface area contributed by atoms with Crippen LogP contribution in [0.4, 0.5) is 0 Å². The molecule has 0 aromatic heterocycles. The molecule has 0 N–H and O–H groups in total. The molecule has 2 fully saturated rings. The van der Waals surface area contributed by atoms with Crippen molar-refractivity contribution in [2.24, 2.45) is 0 Å². The molecule has 0 spiro atoms. The summed E-state index contributed by atoms with van der Waals surface area (Å²) in [5, 5.41) is 0. The summed E-state index contributed by atoms with van der Waals surface area (Å²) in [6.07, 6.45) is 11.4. The van der Waals surface area contributed by atoms with E-state index in [2.05, 4.69) is 32.5 Å². The first-order valence-corrected chi connectivity index (χ1v) is 12.4. The predicted octanol–water partition coefficient (Wildman–Crippen LogP) is 2.91. The molecule has 7 heteroatoms. The molecule has 0 radical (unpaired) electrons. The number of hydrogen-bond donors (Lipinski definition) is 0. The third-order valence-electron chi connectivity index (χ3n) is 5.68. The zero-order valence-corrected chi connectivity index (χ0v) is 19.5. The summed E-state index contributed by atoms with van der Waals surface area (Å²) in [4.78, 5) is 19.0. The van der Waals surface area contributed by atoms with Gasteiger partial charge < -0.3 is 27.8 Å². The van der Waals surface area contributed by atoms with Gasteiger partial charge in [-0.1, -0.05) is 26.7 Å². The summed E-state index contributed by atoms with van der Waals surface area (Å²) in [6.45, 7) is 14.5. The number of quaternary nitrogens is 2. The molecule has 27 heavy (non-hydrogen) atoms. The molecule has 2 aliphatic heterocycles. The standard InChI is InChI=1S/2C9H20N.C2H7O4P/c2*1-3-4-7-10(2)8-5-6-9-10;1-2-6-7(3,4)5/h2*3-9H2,1-2H3;2H2,1H3,(H2,3,4,5)/q2*+1;/p-2. The lowest BCUT2D eigenvalue weighted by Crippen LogP contribution is -2.41. The smallest absolute Gasteiger partial charge is 0.0786 e. The maximum Gasteiger partial charge on any atom is 0.0786 e. The summed E-state index contributed by atoms with van der Waals surface area (Å²) < 4.78 is 15.9. The third kappa shape index (κ3) is 14.7. The predicted molar refractivity (Wildman–Crippen MR) is 109 cm³/mol. The van der Waals surface area contributed by atoms with E-state index in [0.29, 0.717) is 0 Å². The van der Waals surface area contributed by atoms with Gasteiger partial charge >= 0.3 is 0 Å². The minimum Gasteiger partial charge on any atom is -0.790 e.